The average Bonchev–Trinajstić information content (AvgIpc) is 2.62. The molecule has 0 aliphatic rings. The summed E-state index contributed by atoms with van der Waals surface area (Å²) in [7, 11) is 1.62. The number of amides is 2. The largest absolute Gasteiger partial charge is 0.322 e. The molecule has 0 heterocycles. The lowest BCUT2D eigenvalue weighted by molar-refractivity contribution is -0.862. The van der Waals surface area contributed by atoms with Crippen molar-refractivity contribution in [2.45, 2.75) is 19.8 Å². The van der Waals surface area contributed by atoms with Crippen molar-refractivity contribution in [3.63, 3.8) is 0 Å². The zero-order chi connectivity index (χ0) is 20.8. The summed E-state index contributed by atoms with van der Waals surface area (Å²) in [4.78, 5) is 24.8. The Kier molecular flexibility index (Phi) is 7.17. The SMILES string of the molecule is CC(C)c1ccccc1NC(=O)C[NH+](C)CC(=O)Nc1ccc(F)c(F)c1F. The van der Waals surface area contributed by atoms with Crippen LogP contribution in [0.25, 0.3) is 0 Å². The third kappa shape index (κ3) is 5.56. The molecule has 0 saturated heterocycles. The van der Waals surface area contributed by atoms with E-state index in [0.29, 0.717) is 10.6 Å². The van der Waals surface area contributed by atoms with E-state index < -0.39 is 29.0 Å². The standard InChI is InChI=1S/C20H22F3N3O2/c1-12(2)13-6-4-5-7-15(13)24-17(27)10-26(3)11-18(28)25-16-9-8-14(21)19(22)20(16)23/h4-9,12H,10-11H2,1-3H3,(H,24,27)(H,25,28)/p+1. The number of quaternary nitrogens is 1. The molecular weight excluding hydrogens is 371 g/mol. The molecular formula is C20H23F3N3O2+. The normalized spacial score (nSPS) is 12.0. The average molecular weight is 394 g/mol. The Labute approximate surface area is 161 Å². The summed E-state index contributed by atoms with van der Waals surface area (Å²) in [6, 6.07) is 9.12. The predicted molar refractivity (Wildman–Crippen MR) is 101 cm³/mol. The van der Waals surface area contributed by atoms with E-state index in [0.717, 1.165) is 17.7 Å². The molecule has 2 rings (SSSR count). The number of nitrogens with one attached hydrogen (secondary N) is 3. The highest BCUT2D eigenvalue weighted by molar-refractivity contribution is 5.93. The summed E-state index contributed by atoms with van der Waals surface area (Å²) >= 11 is 0. The Morgan fingerprint density at radius 2 is 1.46 bits per heavy atom. The van der Waals surface area contributed by atoms with Crippen molar-refractivity contribution >= 4 is 23.2 Å². The van der Waals surface area contributed by atoms with Gasteiger partial charge in [0, 0.05) is 5.69 Å². The van der Waals surface area contributed by atoms with Crippen molar-refractivity contribution in [3.8, 4) is 0 Å². The van der Waals surface area contributed by atoms with Gasteiger partial charge in [0.25, 0.3) is 11.8 Å². The van der Waals surface area contributed by atoms with E-state index in [9.17, 15) is 22.8 Å². The van der Waals surface area contributed by atoms with Crippen LogP contribution in [0.1, 0.15) is 25.3 Å². The molecule has 2 aromatic rings. The van der Waals surface area contributed by atoms with E-state index in [1.54, 1.807) is 13.1 Å². The van der Waals surface area contributed by atoms with Gasteiger partial charge in [-0.15, -0.1) is 0 Å². The second kappa shape index (κ2) is 9.36. The first-order valence-corrected chi connectivity index (χ1v) is 8.82. The van der Waals surface area contributed by atoms with Crippen LogP contribution in [-0.2, 0) is 9.59 Å². The van der Waals surface area contributed by atoms with Gasteiger partial charge in [0.15, 0.2) is 30.5 Å². The van der Waals surface area contributed by atoms with Gasteiger partial charge in [-0.1, -0.05) is 32.0 Å². The van der Waals surface area contributed by atoms with Crippen LogP contribution in [0.5, 0.6) is 0 Å². The number of halogens is 3. The number of hydrogen-bond donors (Lipinski definition) is 3. The lowest BCUT2D eigenvalue weighted by Gasteiger charge is -2.16. The highest BCUT2D eigenvalue weighted by atomic mass is 19.2. The second-order valence-corrected chi connectivity index (χ2v) is 6.87. The van der Waals surface area contributed by atoms with Gasteiger partial charge in [0.1, 0.15) is 0 Å². The first kappa shape index (κ1) is 21.4. The minimum Gasteiger partial charge on any atom is -0.322 e. The predicted octanol–water partition coefficient (Wildman–Crippen LogP) is 2.32. The quantitative estimate of drug-likeness (QED) is 0.631. The first-order chi connectivity index (χ1) is 13.2. The summed E-state index contributed by atoms with van der Waals surface area (Å²) in [5.41, 5.74) is 1.26. The van der Waals surface area contributed by atoms with Crippen molar-refractivity contribution in [2.24, 2.45) is 0 Å². The minimum atomic E-state index is -1.65. The molecule has 0 radical (unpaired) electrons. The van der Waals surface area contributed by atoms with E-state index in [-0.39, 0.29) is 24.9 Å². The fraction of sp³-hybridized carbons (Fsp3) is 0.300. The summed E-state index contributed by atoms with van der Waals surface area (Å²) in [5.74, 6) is -5.12. The van der Waals surface area contributed by atoms with Gasteiger partial charge in [0.05, 0.1) is 12.7 Å². The summed E-state index contributed by atoms with van der Waals surface area (Å²) in [6.07, 6.45) is 0. The van der Waals surface area contributed by atoms with Crippen LogP contribution in [0.3, 0.4) is 0 Å². The molecule has 5 nitrogen and oxygen atoms in total. The highest BCUT2D eigenvalue weighted by Crippen LogP contribution is 2.23. The maximum absolute atomic E-state index is 13.6. The number of carbonyl (C=O) groups is 2. The molecule has 0 bridgehead atoms. The van der Waals surface area contributed by atoms with Gasteiger partial charge in [-0.25, -0.2) is 13.2 Å². The lowest BCUT2D eigenvalue weighted by Crippen LogP contribution is -3.11. The molecule has 0 fully saturated rings. The lowest BCUT2D eigenvalue weighted by atomic mass is 10.0. The fourth-order valence-electron chi connectivity index (χ4n) is 2.74. The van der Waals surface area contributed by atoms with E-state index in [1.165, 1.54) is 0 Å². The molecule has 0 spiro atoms. The van der Waals surface area contributed by atoms with Crippen molar-refractivity contribution in [2.75, 3.05) is 30.8 Å². The number of hydrogen-bond acceptors (Lipinski definition) is 2. The molecule has 0 saturated carbocycles. The van der Waals surface area contributed by atoms with Crippen LogP contribution in [0, 0.1) is 17.5 Å². The Bertz CT molecular complexity index is 872. The third-order valence-corrected chi connectivity index (χ3v) is 4.09. The minimum absolute atomic E-state index is 0.000110. The second-order valence-electron chi connectivity index (χ2n) is 6.87. The molecule has 1 unspecified atom stereocenters. The Hall–Kier alpha value is -2.87. The fourth-order valence-corrected chi connectivity index (χ4v) is 2.74. The smallest absolute Gasteiger partial charge is 0.279 e. The van der Waals surface area contributed by atoms with Gasteiger partial charge in [-0.05, 0) is 29.7 Å². The van der Waals surface area contributed by atoms with Gasteiger partial charge in [0.2, 0.25) is 0 Å². The van der Waals surface area contributed by atoms with Gasteiger partial charge in [-0.3, -0.25) is 9.59 Å². The molecule has 0 aromatic heterocycles. The number of benzene rings is 2. The van der Waals surface area contributed by atoms with Crippen LogP contribution in [0.2, 0.25) is 0 Å². The summed E-state index contributed by atoms with van der Waals surface area (Å²) < 4.78 is 39.8. The Morgan fingerprint density at radius 1 is 0.893 bits per heavy atom. The van der Waals surface area contributed by atoms with Crippen LogP contribution in [-0.4, -0.2) is 32.0 Å². The van der Waals surface area contributed by atoms with Crippen LogP contribution < -0.4 is 15.5 Å². The number of likely N-dealkylation sites (N-methyl/N-ethyl adjacent to an activating group) is 1. The van der Waals surface area contributed by atoms with Crippen LogP contribution in [0.15, 0.2) is 36.4 Å². The first-order valence-electron chi connectivity index (χ1n) is 8.82. The van der Waals surface area contributed by atoms with E-state index in [2.05, 4.69) is 10.6 Å². The molecule has 150 valence electrons. The highest BCUT2D eigenvalue weighted by Gasteiger charge is 2.19. The Balaban J connectivity index is 1.91. The third-order valence-electron chi connectivity index (χ3n) is 4.09. The molecule has 8 heteroatoms. The molecule has 0 aliphatic heterocycles. The molecule has 28 heavy (non-hydrogen) atoms. The van der Waals surface area contributed by atoms with Crippen molar-refractivity contribution < 1.29 is 27.7 Å². The van der Waals surface area contributed by atoms with Crippen LogP contribution in [0.4, 0.5) is 24.5 Å². The monoisotopic (exact) mass is 394 g/mol. The molecule has 3 N–H and O–H groups in total. The zero-order valence-electron chi connectivity index (χ0n) is 15.9. The van der Waals surface area contributed by atoms with Gasteiger partial charge in [-0.2, -0.15) is 0 Å². The molecule has 2 amide bonds. The van der Waals surface area contributed by atoms with Crippen molar-refractivity contribution in [3.05, 3.63) is 59.4 Å². The number of anilines is 2. The maximum atomic E-state index is 13.6. The summed E-state index contributed by atoms with van der Waals surface area (Å²) in [5, 5.41) is 5.01. The van der Waals surface area contributed by atoms with E-state index in [4.69, 9.17) is 0 Å². The van der Waals surface area contributed by atoms with Crippen LogP contribution >= 0.6 is 0 Å². The van der Waals surface area contributed by atoms with Gasteiger partial charge >= 0.3 is 0 Å². The number of para-hydroxylation sites is 1. The van der Waals surface area contributed by atoms with Crippen molar-refractivity contribution in [1.29, 1.82) is 0 Å². The summed E-state index contributed by atoms with van der Waals surface area (Å²) in [6.45, 7) is 3.88. The topological polar surface area (TPSA) is 62.6 Å². The Morgan fingerprint density at radius 3 is 2.07 bits per heavy atom. The molecule has 2 aromatic carbocycles. The van der Waals surface area contributed by atoms with E-state index in [1.807, 2.05) is 32.0 Å². The van der Waals surface area contributed by atoms with E-state index >= 15 is 0 Å². The molecule has 1 atom stereocenters. The maximum Gasteiger partial charge on any atom is 0.279 e. The zero-order valence-corrected chi connectivity index (χ0v) is 15.9. The van der Waals surface area contributed by atoms with Crippen molar-refractivity contribution in [1.82, 2.24) is 0 Å². The number of rotatable bonds is 7. The molecule has 0 aliphatic carbocycles. The van der Waals surface area contributed by atoms with Gasteiger partial charge < -0.3 is 15.5 Å². The number of carbonyl (C=O) groups excluding carboxylic acids is 2.